The van der Waals surface area contributed by atoms with Crippen LogP contribution in [-0.2, 0) is 32.6 Å². The van der Waals surface area contributed by atoms with Gasteiger partial charge in [-0.1, -0.05) is 108 Å². The van der Waals surface area contributed by atoms with E-state index in [1.807, 2.05) is 82.3 Å². The Labute approximate surface area is 282 Å². The number of hydrogen-bond donors (Lipinski definition) is 1. The predicted octanol–water partition coefficient (Wildman–Crippen LogP) is 7.36. The van der Waals surface area contributed by atoms with Crippen LogP contribution in [0.25, 0.3) is 0 Å². The van der Waals surface area contributed by atoms with Gasteiger partial charge in [-0.15, -0.1) is 0 Å². The maximum atomic E-state index is 14.6. The molecule has 46 heavy (non-hydrogen) atoms. The van der Waals surface area contributed by atoms with Crippen LogP contribution >= 0.6 is 23.2 Å². The first-order chi connectivity index (χ1) is 21.9. The highest BCUT2D eigenvalue weighted by molar-refractivity contribution is 7.92. The molecule has 0 bridgehead atoms. The minimum Gasteiger partial charge on any atom is -0.352 e. The number of carbonyl (C=O) groups is 2. The van der Waals surface area contributed by atoms with Crippen LogP contribution in [0.5, 0.6) is 0 Å². The van der Waals surface area contributed by atoms with E-state index in [4.69, 9.17) is 23.2 Å². The van der Waals surface area contributed by atoms with E-state index in [0.29, 0.717) is 6.42 Å². The van der Waals surface area contributed by atoms with Gasteiger partial charge >= 0.3 is 0 Å². The summed E-state index contributed by atoms with van der Waals surface area (Å²) < 4.78 is 29.4. The van der Waals surface area contributed by atoms with Crippen molar-refractivity contribution in [2.45, 2.75) is 64.1 Å². The number of benzene rings is 4. The average Bonchev–Trinajstić information content (AvgIpc) is 3.04. The summed E-state index contributed by atoms with van der Waals surface area (Å²) in [4.78, 5) is 30.1. The van der Waals surface area contributed by atoms with Gasteiger partial charge in [0, 0.05) is 19.0 Å². The Balaban J connectivity index is 1.85. The van der Waals surface area contributed by atoms with E-state index in [2.05, 4.69) is 5.32 Å². The molecule has 0 fully saturated rings. The molecular formula is C36H39Cl2N3O4S. The number of carbonyl (C=O) groups excluding carboxylic acids is 2. The van der Waals surface area contributed by atoms with Crippen LogP contribution in [0.3, 0.4) is 0 Å². The lowest BCUT2D eigenvalue weighted by Crippen LogP contribution is -2.54. The Hall–Kier alpha value is -3.85. The van der Waals surface area contributed by atoms with Gasteiger partial charge < -0.3 is 10.2 Å². The molecule has 0 spiro atoms. The molecule has 2 amide bonds. The third-order valence-corrected chi connectivity index (χ3v) is 10.5. The molecule has 4 aromatic rings. The van der Waals surface area contributed by atoms with Crippen molar-refractivity contribution in [3.63, 3.8) is 0 Å². The van der Waals surface area contributed by atoms with Crippen molar-refractivity contribution in [3.8, 4) is 0 Å². The third-order valence-electron chi connectivity index (χ3n) is 7.96. The number of aryl methyl sites for hydroxylation is 2. The summed E-state index contributed by atoms with van der Waals surface area (Å²) >= 11 is 12.9. The lowest BCUT2D eigenvalue weighted by molar-refractivity contribution is -0.140. The van der Waals surface area contributed by atoms with E-state index in [1.54, 1.807) is 24.3 Å². The van der Waals surface area contributed by atoms with Gasteiger partial charge in [-0.3, -0.25) is 13.9 Å². The zero-order valence-corrected chi connectivity index (χ0v) is 28.7. The largest absolute Gasteiger partial charge is 0.352 e. The van der Waals surface area contributed by atoms with Gasteiger partial charge in [-0.25, -0.2) is 8.42 Å². The first-order valence-corrected chi connectivity index (χ1v) is 17.3. The quantitative estimate of drug-likeness (QED) is 0.160. The van der Waals surface area contributed by atoms with Gasteiger partial charge in [-0.2, -0.15) is 0 Å². The summed E-state index contributed by atoms with van der Waals surface area (Å²) in [6, 6.07) is 27.0. The molecule has 7 nitrogen and oxygen atoms in total. The van der Waals surface area contributed by atoms with Crippen LogP contribution in [0, 0.1) is 13.8 Å². The van der Waals surface area contributed by atoms with Crippen LogP contribution in [0.1, 0.15) is 42.5 Å². The van der Waals surface area contributed by atoms with Crippen molar-refractivity contribution in [3.05, 3.63) is 129 Å². The van der Waals surface area contributed by atoms with Crippen LogP contribution in [-0.4, -0.2) is 43.8 Å². The Kier molecular flexibility index (Phi) is 11.9. The van der Waals surface area contributed by atoms with Gasteiger partial charge in [-0.05, 0) is 68.1 Å². The molecule has 0 aliphatic carbocycles. The topological polar surface area (TPSA) is 86.8 Å². The lowest BCUT2D eigenvalue weighted by atomic mass is 10.0. The second-order valence-electron chi connectivity index (χ2n) is 11.4. The second kappa shape index (κ2) is 15.6. The summed E-state index contributed by atoms with van der Waals surface area (Å²) in [5.74, 6) is -0.899. The molecule has 0 heterocycles. The Bertz CT molecular complexity index is 1770. The minimum atomic E-state index is -4.31. The van der Waals surface area contributed by atoms with E-state index >= 15 is 0 Å². The SMILES string of the molecule is CC[C@@H](C)NC(=O)[C@H](Cc1ccccc1)N(Cc1ccccc1C)C(=O)CN(c1cccc(Cl)c1Cl)S(=O)(=O)c1ccc(C)cc1. The maximum Gasteiger partial charge on any atom is 0.264 e. The first kappa shape index (κ1) is 35.0. The molecule has 0 aliphatic heterocycles. The van der Waals surface area contributed by atoms with Crippen molar-refractivity contribution >= 4 is 50.7 Å². The average molecular weight is 681 g/mol. The molecule has 1 N–H and O–H groups in total. The summed E-state index contributed by atoms with van der Waals surface area (Å²) in [6.45, 7) is 7.12. The van der Waals surface area contributed by atoms with E-state index in [0.717, 1.165) is 26.6 Å². The minimum absolute atomic E-state index is 0.00606. The molecular weight excluding hydrogens is 641 g/mol. The van der Waals surface area contributed by atoms with Gasteiger partial charge in [0.1, 0.15) is 12.6 Å². The molecule has 0 radical (unpaired) electrons. The fraction of sp³-hybridized carbons (Fsp3) is 0.278. The smallest absolute Gasteiger partial charge is 0.264 e. The molecule has 2 atom stereocenters. The summed E-state index contributed by atoms with van der Waals surface area (Å²) in [5, 5.41) is 3.18. The van der Waals surface area contributed by atoms with Crippen molar-refractivity contribution in [2.24, 2.45) is 0 Å². The number of halogens is 2. The van der Waals surface area contributed by atoms with Crippen LogP contribution in [0.4, 0.5) is 5.69 Å². The molecule has 0 saturated carbocycles. The van der Waals surface area contributed by atoms with E-state index in [9.17, 15) is 18.0 Å². The number of anilines is 1. The lowest BCUT2D eigenvalue weighted by Gasteiger charge is -2.34. The molecule has 242 valence electrons. The Morgan fingerprint density at radius 2 is 1.50 bits per heavy atom. The maximum absolute atomic E-state index is 14.6. The molecule has 0 aromatic heterocycles. The first-order valence-electron chi connectivity index (χ1n) is 15.1. The third kappa shape index (κ3) is 8.49. The number of amides is 2. The molecule has 0 saturated heterocycles. The van der Waals surface area contributed by atoms with Crippen LogP contribution in [0.15, 0.2) is 102 Å². The summed E-state index contributed by atoms with van der Waals surface area (Å²) in [5.41, 5.74) is 3.56. The molecule has 4 aromatic carbocycles. The van der Waals surface area contributed by atoms with Crippen LogP contribution < -0.4 is 9.62 Å². The normalized spacial score (nSPS) is 12.7. The van der Waals surface area contributed by atoms with Gasteiger partial charge in [0.05, 0.1) is 20.6 Å². The Morgan fingerprint density at radius 1 is 0.848 bits per heavy atom. The monoisotopic (exact) mass is 679 g/mol. The molecule has 0 unspecified atom stereocenters. The second-order valence-corrected chi connectivity index (χ2v) is 14.0. The zero-order chi connectivity index (χ0) is 33.4. The number of rotatable bonds is 13. The van der Waals surface area contributed by atoms with Gasteiger partial charge in [0.2, 0.25) is 11.8 Å². The van der Waals surface area contributed by atoms with E-state index in [-0.39, 0.29) is 45.5 Å². The number of hydrogen-bond acceptors (Lipinski definition) is 4. The number of nitrogens with zero attached hydrogens (tertiary/aromatic N) is 2. The van der Waals surface area contributed by atoms with Crippen LogP contribution in [0.2, 0.25) is 10.0 Å². The molecule has 10 heteroatoms. The zero-order valence-electron chi connectivity index (χ0n) is 26.4. The Morgan fingerprint density at radius 3 is 2.15 bits per heavy atom. The summed E-state index contributed by atoms with van der Waals surface area (Å²) in [6.07, 6.45) is 0.925. The predicted molar refractivity (Wildman–Crippen MR) is 186 cm³/mol. The number of sulfonamides is 1. The van der Waals surface area contributed by atoms with E-state index in [1.165, 1.54) is 23.1 Å². The van der Waals surface area contributed by atoms with Crippen molar-refractivity contribution in [2.75, 3.05) is 10.8 Å². The highest BCUT2D eigenvalue weighted by Gasteiger charge is 2.36. The standard InChI is InChI=1S/C36H39Cl2N3O4S/c1-5-27(4)39-36(43)33(22-28-13-7-6-8-14-28)40(23-29-15-10-9-12-26(29)3)34(42)24-41(32-17-11-16-31(37)35(32)38)46(44,45)30-20-18-25(2)19-21-30/h6-21,27,33H,5,22-24H2,1-4H3,(H,39,43)/t27-,33+/m1/s1. The fourth-order valence-corrected chi connectivity index (χ4v) is 6.88. The number of nitrogens with one attached hydrogen (secondary N) is 1. The highest BCUT2D eigenvalue weighted by atomic mass is 35.5. The van der Waals surface area contributed by atoms with Gasteiger partial charge in [0.25, 0.3) is 10.0 Å². The van der Waals surface area contributed by atoms with Gasteiger partial charge in [0.15, 0.2) is 0 Å². The van der Waals surface area contributed by atoms with Crippen molar-refractivity contribution in [1.29, 1.82) is 0 Å². The molecule has 4 rings (SSSR count). The fourth-order valence-electron chi connectivity index (χ4n) is 5.00. The van der Waals surface area contributed by atoms with E-state index < -0.39 is 28.5 Å². The highest BCUT2D eigenvalue weighted by Crippen LogP contribution is 2.35. The van der Waals surface area contributed by atoms with Crippen molar-refractivity contribution < 1.29 is 18.0 Å². The van der Waals surface area contributed by atoms with Crippen molar-refractivity contribution in [1.82, 2.24) is 10.2 Å². The molecule has 0 aliphatic rings. The summed E-state index contributed by atoms with van der Waals surface area (Å²) in [7, 11) is -4.31.